The minimum absolute atomic E-state index is 0.138. The molecule has 0 aliphatic carbocycles. The van der Waals surface area contributed by atoms with Gasteiger partial charge in [0.15, 0.2) is 10.8 Å². The smallest absolute Gasteiger partial charge is 0.272 e. The number of carbonyl (C=O) groups is 1. The summed E-state index contributed by atoms with van der Waals surface area (Å²) in [5, 5.41) is 7.90. The van der Waals surface area contributed by atoms with Crippen molar-refractivity contribution in [3.05, 3.63) is 30.0 Å². The van der Waals surface area contributed by atoms with E-state index >= 15 is 0 Å². The zero-order valence-electron chi connectivity index (χ0n) is 8.95. The summed E-state index contributed by atoms with van der Waals surface area (Å²) in [4.78, 5) is 15.5. The molecular formula is C10H7N5OS2. The maximum absolute atomic E-state index is 11.1. The highest BCUT2D eigenvalue weighted by atomic mass is 32.1. The molecule has 0 unspecified atom stereocenters. The molecule has 0 aliphatic rings. The van der Waals surface area contributed by atoms with Crippen LogP contribution in [0.2, 0.25) is 0 Å². The van der Waals surface area contributed by atoms with E-state index in [1.165, 1.54) is 11.3 Å². The first-order valence-corrected chi connectivity index (χ1v) is 6.58. The highest BCUT2D eigenvalue weighted by Gasteiger charge is 2.14. The third-order valence-electron chi connectivity index (χ3n) is 2.24. The number of primary amides is 1. The molecule has 90 valence electrons. The summed E-state index contributed by atoms with van der Waals surface area (Å²) in [5.74, 6) is -0.604. The summed E-state index contributed by atoms with van der Waals surface area (Å²) in [6.45, 7) is 0. The largest absolute Gasteiger partial charge is 0.364 e. The van der Waals surface area contributed by atoms with Gasteiger partial charge in [0, 0.05) is 11.5 Å². The third kappa shape index (κ3) is 1.91. The number of anilines is 2. The van der Waals surface area contributed by atoms with Gasteiger partial charge in [-0.3, -0.25) is 4.79 Å². The second-order valence-corrected chi connectivity index (χ2v) is 5.21. The Morgan fingerprint density at radius 2 is 2.17 bits per heavy atom. The molecule has 0 saturated heterocycles. The Morgan fingerprint density at radius 1 is 1.33 bits per heavy atom. The zero-order valence-corrected chi connectivity index (χ0v) is 10.6. The average molecular weight is 277 g/mol. The number of hydrogen-bond acceptors (Lipinski definition) is 7. The third-order valence-corrected chi connectivity index (χ3v) is 3.83. The highest BCUT2D eigenvalue weighted by molar-refractivity contribution is 7.22. The van der Waals surface area contributed by atoms with Gasteiger partial charge in [0.2, 0.25) is 0 Å². The molecule has 8 heteroatoms. The van der Waals surface area contributed by atoms with E-state index in [-0.39, 0.29) is 5.69 Å². The molecule has 0 saturated carbocycles. The van der Waals surface area contributed by atoms with Crippen LogP contribution in [0.4, 0.5) is 10.1 Å². The number of fused-ring (bicyclic) bond motifs is 1. The van der Waals surface area contributed by atoms with E-state index in [1.807, 2.05) is 24.3 Å². The molecule has 3 N–H and O–H groups in total. The van der Waals surface area contributed by atoms with E-state index in [1.54, 1.807) is 0 Å². The van der Waals surface area contributed by atoms with Crippen LogP contribution in [0, 0.1) is 0 Å². The summed E-state index contributed by atoms with van der Waals surface area (Å²) >= 11 is 2.57. The summed E-state index contributed by atoms with van der Waals surface area (Å²) < 4.78 is 4.77. The predicted molar refractivity (Wildman–Crippen MR) is 71.3 cm³/mol. The fourth-order valence-corrected chi connectivity index (χ4v) is 2.97. The summed E-state index contributed by atoms with van der Waals surface area (Å²) in [6, 6.07) is 7.79. The number of hydrogen-bond donors (Lipinski definition) is 2. The second-order valence-electron chi connectivity index (χ2n) is 3.43. The molecule has 0 atom stereocenters. The van der Waals surface area contributed by atoms with Crippen molar-refractivity contribution in [3.8, 4) is 0 Å². The molecule has 3 aromatic rings. The van der Waals surface area contributed by atoms with Gasteiger partial charge < -0.3 is 11.1 Å². The average Bonchev–Trinajstić information content (AvgIpc) is 2.94. The van der Waals surface area contributed by atoms with Gasteiger partial charge in [0.05, 0.1) is 10.2 Å². The molecule has 18 heavy (non-hydrogen) atoms. The van der Waals surface area contributed by atoms with Crippen molar-refractivity contribution in [1.29, 1.82) is 0 Å². The maximum atomic E-state index is 11.1. The fourth-order valence-electron chi connectivity index (χ4n) is 1.46. The molecule has 0 aliphatic heterocycles. The Bertz CT molecular complexity index is 687. The molecule has 0 spiro atoms. The van der Waals surface area contributed by atoms with Crippen molar-refractivity contribution in [2.24, 2.45) is 5.73 Å². The van der Waals surface area contributed by atoms with Crippen molar-refractivity contribution in [1.82, 2.24) is 14.6 Å². The van der Waals surface area contributed by atoms with Crippen LogP contribution in [0.15, 0.2) is 24.3 Å². The first-order valence-electron chi connectivity index (χ1n) is 4.99. The van der Waals surface area contributed by atoms with E-state index in [2.05, 4.69) is 19.9 Å². The number of amides is 1. The lowest BCUT2D eigenvalue weighted by Gasteiger charge is -1.97. The molecule has 1 aromatic carbocycles. The summed E-state index contributed by atoms with van der Waals surface area (Å²) in [7, 11) is 0. The van der Waals surface area contributed by atoms with E-state index in [0.29, 0.717) is 10.1 Å². The van der Waals surface area contributed by atoms with Gasteiger partial charge in [0.1, 0.15) is 5.00 Å². The highest BCUT2D eigenvalue weighted by Crippen LogP contribution is 2.30. The normalized spacial score (nSPS) is 10.7. The van der Waals surface area contributed by atoms with Crippen LogP contribution in [-0.4, -0.2) is 20.5 Å². The monoisotopic (exact) mass is 277 g/mol. The van der Waals surface area contributed by atoms with Crippen molar-refractivity contribution >= 4 is 49.1 Å². The molecule has 1 amide bonds. The Kier molecular flexibility index (Phi) is 2.65. The number of aromatic nitrogens is 3. The molecular weight excluding hydrogens is 270 g/mol. The SMILES string of the molecule is NC(=O)c1nnsc1Nc1nc2ccccc2s1. The Morgan fingerprint density at radius 3 is 2.94 bits per heavy atom. The number of rotatable bonds is 3. The first kappa shape index (κ1) is 11.1. The number of benzene rings is 1. The standard InChI is InChI=1S/C10H7N5OS2/c11-8(16)7-9(18-15-14-7)13-10-12-5-3-1-2-4-6(5)17-10/h1-4H,(H2,11,16)(H,12,13). The molecule has 2 aromatic heterocycles. The summed E-state index contributed by atoms with van der Waals surface area (Å²) in [5.41, 5.74) is 6.24. The minimum Gasteiger partial charge on any atom is -0.364 e. The molecule has 3 rings (SSSR count). The van der Waals surface area contributed by atoms with Crippen LogP contribution in [0.25, 0.3) is 10.2 Å². The minimum atomic E-state index is -0.604. The first-order chi connectivity index (χ1) is 8.74. The second kappa shape index (κ2) is 4.31. The Balaban J connectivity index is 1.96. The molecule has 0 radical (unpaired) electrons. The van der Waals surface area contributed by atoms with E-state index in [0.717, 1.165) is 21.7 Å². The number of nitrogens with two attached hydrogens (primary N) is 1. The van der Waals surface area contributed by atoms with Gasteiger partial charge in [-0.1, -0.05) is 28.0 Å². The van der Waals surface area contributed by atoms with Crippen LogP contribution in [0.1, 0.15) is 10.5 Å². The lowest BCUT2D eigenvalue weighted by molar-refractivity contribution is 0.0996. The van der Waals surface area contributed by atoms with Gasteiger partial charge in [-0.2, -0.15) is 0 Å². The number of thiazole rings is 1. The molecule has 6 nitrogen and oxygen atoms in total. The molecule has 0 fully saturated rings. The Hall–Kier alpha value is -2.06. The van der Waals surface area contributed by atoms with Gasteiger partial charge in [0.25, 0.3) is 5.91 Å². The van der Waals surface area contributed by atoms with Crippen molar-refractivity contribution in [2.75, 3.05) is 5.32 Å². The van der Waals surface area contributed by atoms with E-state index in [4.69, 9.17) is 5.73 Å². The quantitative estimate of drug-likeness (QED) is 0.763. The van der Waals surface area contributed by atoms with Gasteiger partial charge >= 0.3 is 0 Å². The van der Waals surface area contributed by atoms with Crippen LogP contribution < -0.4 is 11.1 Å². The zero-order chi connectivity index (χ0) is 12.5. The number of carbonyl (C=O) groups excluding carboxylic acids is 1. The van der Waals surface area contributed by atoms with Gasteiger partial charge in [-0.15, -0.1) is 5.10 Å². The van der Waals surface area contributed by atoms with Crippen LogP contribution in [0.5, 0.6) is 0 Å². The van der Waals surface area contributed by atoms with Gasteiger partial charge in [-0.05, 0) is 12.1 Å². The van der Waals surface area contributed by atoms with Gasteiger partial charge in [-0.25, -0.2) is 4.98 Å². The van der Waals surface area contributed by atoms with Crippen LogP contribution in [-0.2, 0) is 0 Å². The summed E-state index contributed by atoms with van der Waals surface area (Å²) in [6.07, 6.45) is 0. The van der Waals surface area contributed by atoms with Crippen molar-refractivity contribution < 1.29 is 4.79 Å². The molecule has 0 bridgehead atoms. The van der Waals surface area contributed by atoms with Crippen LogP contribution >= 0.6 is 22.9 Å². The maximum Gasteiger partial charge on any atom is 0.272 e. The Labute approximate surface area is 110 Å². The van der Waals surface area contributed by atoms with E-state index < -0.39 is 5.91 Å². The number of nitrogens with zero attached hydrogens (tertiary/aromatic N) is 3. The van der Waals surface area contributed by atoms with Crippen molar-refractivity contribution in [3.63, 3.8) is 0 Å². The van der Waals surface area contributed by atoms with E-state index in [9.17, 15) is 4.79 Å². The lowest BCUT2D eigenvalue weighted by Crippen LogP contribution is -2.13. The fraction of sp³-hybridized carbons (Fsp3) is 0. The lowest BCUT2D eigenvalue weighted by atomic mass is 10.3. The topological polar surface area (TPSA) is 93.8 Å². The van der Waals surface area contributed by atoms with Crippen LogP contribution in [0.3, 0.4) is 0 Å². The number of nitrogens with one attached hydrogen (secondary N) is 1. The van der Waals surface area contributed by atoms with Crippen molar-refractivity contribution in [2.45, 2.75) is 0 Å². The molecule has 2 heterocycles. The predicted octanol–water partition coefficient (Wildman–Crippen LogP) is 1.99. The number of para-hydroxylation sites is 1.